The summed E-state index contributed by atoms with van der Waals surface area (Å²) in [5.74, 6) is 0. The van der Waals surface area contributed by atoms with Crippen LogP contribution in [0.5, 0.6) is 0 Å². The van der Waals surface area contributed by atoms with Crippen LogP contribution in [-0.4, -0.2) is 38.6 Å². The van der Waals surface area contributed by atoms with E-state index in [0.29, 0.717) is 19.8 Å². The highest BCUT2D eigenvalue weighted by molar-refractivity contribution is 6.21. The second-order valence-corrected chi connectivity index (χ2v) is 2.64. The smallest absolute Gasteiger partial charge is 0.176 e. The predicted octanol–water partition coefficient (Wildman–Crippen LogP) is 0.613. The molecule has 1 saturated heterocycles. The van der Waals surface area contributed by atoms with Crippen LogP contribution in [-0.2, 0) is 14.2 Å². The normalized spacial score (nSPS) is 23.4. The van der Waals surface area contributed by atoms with Gasteiger partial charge in [0.05, 0.1) is 19.8 Å². The van der Waals surface area contributed by atoms with E-state index in [1.807, 2.05) is 0 Å². The Balaban J connectivity index is 2.18. The molecule has 1 atom stereocenters. The highest BCUT2D eigenvalue weighted by Gasteiger charge is 2.24. The van der Waals surface area contributed by atoms with E-state index in [9.17, 15) is 0 Å². The summed E-state index contributed by atoms with van der Waals surface area (Å²) in [4.78, 5) is 0. The summed E-state index contributed by atoms with van der Waals surface area (Å²) < 4.78 is 15.1. The lowest BCUT2D eigenvalue weighted by atomic mass is 10.4. The van der Waals surface area contributed by atoms with Crippen molar-refractivity contribution in [2.24, 2.45) is 0 Å². The van der Waals surface area contributed by atoms with E-state index in [2.05, 4.69) is 0 Å². The zero-order valence-electron chi connectivity index (χ0n) is 5.88. The highest BCUT2D eigenvalue weighted by Crippen LogP contribution is 2.13. The first-order valence-electron chi connectivity index (χ1n) is 3.21. The van der Waals surface area contributed by atoms with Gasteiger partial charge in [0, 0.05) is 7.11 Å². The first-order valence-corrected chi connectivity index (χ1v) is 3.64. The largest absolute Gasteiger partial charge is 0.383 e. The Morgan fingerprint density at radius 1 is 1.60 bits per heavy atom. The maximum atomic E-state index is 5.81. The molecule has 0 aromatic carbocycles. The van der Waals surface area contributed by atoms with Gasteiger partial charge in [0.25, 0.3) is 0 Å². The van der Waals surface area contributed by atoms with E-state index in [1.54, 1.807) is 7.11 Å². The average Bonchev–Trinajstić information content (AvgIpc) is 2.38. The fraction of sp³-hybridized carbons (Fsp3) is 1.00. The Bertz CT molecular complexity index is 93.0. The summed E-state index contributed by atoms with van der Waals surface area (Å²) in [5.41, 5.74) is 0. The van der Waals surface area contributed by atoms with Crippen molar-refractivity contribution in [3.63, 3.8) is 0 Å². The molecule has 0 aliphatic carbocycles. The number of alkyl halides is 1. The SMILES string of the molecule is COCC(Cl)C1OCCO1. The van der Waals surface area contributed by atoms with E-state index in [4.69, 9.17) is 25.8 Å². The molecule has 3 nitrogen and oxygen atoms in total. The van der Waals surface area contributed by atoms with E-state index in [-0.39, 0.29) is 11.7 Å². The Kier molecular flexibility index (Phi) is 3.42. The van der Waals surface area contributed by atoms with Gasteiger partial charge in [-0.25, -0.2) is 0 Å². The molecule has 1 aliphatic heterocycles. The molecule has 0 amide bonds. The van der Waals surface area contributed by atoms with Gasteiger partial charge in [-0.1, -0.05) is 0 Å². The van der Waals surface area contributed by atoms with Crippen LogP contribution < -0.4 is 0 Å². The number of hydrogen-bond acceptors (Lipinski definition) is 3. The van der Waals surface area contributed by atoms with E-state index in [1.165, 1.54) is 0 Å². The number of hydrogen-bond donors (Lipinski definition) is 0. The summed E-state index contributed by atoms with van der Waals surface area (Å²) in [6, 6.07) is 0. The number of methoxy groups -OCH3 is 1. The molecule has 0 spiro atoms. The molecule has 1 aliphatic rings. The van der Waals surface area contributed by atoms with Crippen molar-refractivity contribution in [1.29, 1.82) is 0 Å². The minimum atomic E-state index is -0.276. The second kappa shape index (κ2) is 4.13. The second-order valence-electron chi connectivity index (χ2n) is 2.08. The van der Waals surface area contributed by atoms with E-state index < -0.39 is 0 Å². The van der Waals surface area contributed by atoms with Gasteiger partial charge in [0.1, 0.15) is 5.38 Å². The molecule has 1 rings (SSSR count). The quantitative estimate of drug-likeness (QED) is 0.576. The van der Waals surface area contributed by atoms with Crippen molar-refractivity contribution >= 4 is 11.6 Å². The Hall–Kier alpha value is 0.170. The van der Waals surface area contributed by atoms with Crippen molar-refractivity contribution < 1.29 is 14.2 Å². The van der Waals surface area contributed by atoms with Gasteiger partial charge in [-0.3, -0.25) is 0 Å². The summed E-state index contributed by atoms with van der Waals surface area (Å²) in [6.45, 7) is 1.74. The van der Waals surface area contributed by atoms with Gasteiger partial charge in [0.2, 0.25) is 0 Å². The molecule has 1 fully saturated rings. The van der Waals surface area contributed by atoms with Crippen molar-refractivity contribution in [1.82, 2.24) is 0 Å². The molecular weight excluding hydrogens is 156 g/mol. The fourth-order valence-corrected chi connectivity index (χ4v) is 1.09. The summed E-state index contributed by atoms with van der Waals surface area (Å²) in [5, 5.41) is -0.188. The van der Waals surface area contributed by atoms with Gasteiger partial charge in [-0.15, -0.1) is 11.6 Å². The Morgan fingerprint density at radius 3 is 2.70 bits per heavy atom. The van der Waals surface area contributed by atoms with E-state index in [0.717, 1.165) is 0 Å². The average molecular weight is 167 g/mol. The molecule has 0 bridgehead atoms. The highest BCUT2D eigenvalue weighted by atomic mass is 35.5. The van der Waals surface area contributed by atoms with Gasteiger partial charge in [-0.05, 0) is 0 Å². The molecule has 1 heterocycles. The molecule has 0 aromatic heterocycles. The summed E-state index contributed by atoms with van der Waals surface area (Å²) in [6.07, 6.45) is -0.276. The zero-order chi connectivity index (χ0) is 7.40. The molecule has 1 unspecified atom stereocenters. The van der Waals surface area contributed by atoms with Gasteiger partial charge < -0.3 is 14.2 Å². The van der Waals surface area contributed by atoms with Crippen molar-refractivity contribution in [3.8, 4) is 0 Å². The molecular formula is C6H11ClO3. The minimum absolute atomic E-state index is 0.188. The molecule has 60 valence electrons. The zero-order valence-corrected chi connectivity index (χ0v) is 6.63. The Labute approximate surface area is 65.2 Å². The number of ether oxygens (including phenoxy) is 3. The minimum Gasteiger partial charge on any atom is -0.383 e. The van der Waals surface area contributed by atoms with Crippen LogP contribution in [0.3, 0.4) is 0 Å². The molecule has 0 saturated carbocycles. The van der Waals surface area contributed by atoms with Crippen LogP contribution in [0.15, 0.2) is 0 Å². The van der Waals surface area contributed by atoms with Crippen LogP contribution in [0.25, 0.3) is 0 Å². The molecule has 0 radical (unpaired) electrons. The van der Waals surface area contributed by atoms with Crippen LogP contribution in [0, 0.1) is 0 Å². The van der Waals surface area contributed by atoms with E-state index >= 15 is 0 Å². The topological polar surface area (TPSA) is 27.7 Å². The molecule has 10 heavy (non-hydrogen) atoms. The third kappa shape index (κ3) is 2.09. The van der Waals surface area contributed by atoms with Gasteiger partial charge >= 0.3 is 0 Å². The maximum absolute atomic E-state index is 5.81. The fourth-order valence-electron chi connectivity index (χ4n) is 0.823. The third-order valence-corrected chi connectivity index (χ3v) is 1.60. The number of halogens is 1. The lowest BCUT2D eigenvalue weighted by molar-refractivity contribution is -0.0546. The molecule has 4 heteroatoms. The summed E-state index contributed by atoms with van der Waals surface area (Å²) >= 11 is 5.81. The van der Waals surface area contributed by atoms with Crippen molar-refractivity contribution in [2.45, 2.75) is 11.7 Å². The van der Waals surface area contributed by atoms with Crippen LogP contribution in [0.4, 0.5) is 0 Å². The summed E-state index contributed by atoms with van der Waals surface area (Å²) in [7, 11) is 1.60. The van der Waals surface area contributed by atoms with Crippen LogP contribution in [0.1, 0.15) is 0 Å². The van der Waals surface area contributed by atoms with Crippen LogP contribution in [0.2, 0.25) is 0 Å². The standard InChI is InChI=1S/C6H11ClO3/c1-8-4-5(7)6-9-2-3-10-6/h5-6H,2-4H2,1H3. The Morgan fingerprint density at radius 2 is 2.20 bits per heavy atom. The first kappa shape index (κ1) is 8.27. The lowest BCUT2D eigenvalue weighted by Gasteiger charge is -2.13. The predicted molar refractivity (Wildman–Crippen MR) is 37.2 cm³/mol. The first-order chi connectivity index (χ1) is 4.84. The van der Waals surface area contributed by atoms with Crippen molar-refractivity contribution in [3.05, 3.63) is 0 Å². The molecule has 0 aromatic rings. The third-order valence-electron chi connectivity index (χ3n) is 1.27. The number of rotatable bonds is 3. The lowest BCUT2D eigenvalue weighted by Crippen LogP contribution is -2.25. The molecule has 0 N–H and O–H groups in total. The van der Waals surface area contributed by atoms with Gasteiger partial charge in [0.15, 0.2) is 6.29 Å². The monoisotopic (exact) mass is 166 g/mol. The van der Waals surface area contributed by atoms with Gasteiger partial charge in [-0.2, -0.15) is 0 Å². The maximum Gasteiger partial charge on any atom is 0.176 e. The van der Waals surface area contributed by atoms with Crippen molar-refractivity contribution in [2.75, 3.05) is 26.9 Å². The van der Waals surface area contributed by atoms with Crippen LogP contribution >= 0.6 is 11.6 Å².